The molecular formula is C20H30BN3O2. The highest BCUT2D eigenvalue weighted by Crippen LogP contribution is 2.38. The molecule has 6 heteroatoms. The minimum Gasteiger partial charge on any atom is -0.427 e. The van der Waals surface area contributed by atoms with Gasteiger partial charge in [0.05, 0.1) is 5.52 Å². The summed E-state index contributed by atoms with van der Waals surface area (Å²) in [4.78, 5) is 4.52. The number of nitrogens with one attached hydrogen (secondary N) is 1. The van der Waals surface area contributed by atoms with Gasteiger partial charge in [-0.2, -0.15) is 0 Å². The Bertz CT molecular complexity index is 712. The second-order valence-electron chi connectivity index (χ2n) is 7.97. The number of hydrogen-bond acceptors (Lipinski definition) is 5. The molecule has 2 aromatic rings. The Balaban J connectivity index is 1.43. The number of hydrogen-bond donors (Lipinski definition) is 4. The summed E-state index contributed by atoms with van der Waals surface area (Å²) in [6, 6.07) is 10.9. The maximum atomic E-state index is 8.91. The summed E-state index contributed by atoms with van der Waals surface area (Å²) in [5.74, 6) is 0.532. The first kappa shape index (κ1) is 19.3. The van der Waals surface area contributed by atoms with Gasteiger partial charge in [-0.1, -0.05) is 37.1 Å². The molecule has 0 bridgehead atoms. The monoisotopic (exact) mass is 355 g/mol. The van der Waals surface area contributed by atoms with Gasteiger partial charge in [0, 0.05) is 29.7 Å². The zero-order valence-corrected chi connectivity index (χ0v) is 15.6. The average molecular weight is 355 g/mol. The molecule has 1 atom stereocenters. The highest BCUT2D eigenvalue weighted by molar-refractivity contribution is 6.40. The van der Waals surface area contributed by atoms with Crippen molar-refractivity contribution in [2.75, 3.05) is 0 Å². The highest BCUT2D eigenvalue weighted by atomic mass is 16.4. The Morgan fingerprint density at radius 1 is 1.23 bits per heavy atom. The molecule has 0 aliphatic heterocycles. The summed E-state index contributed by atoms with van der Waals surface area (Å²) >= 11 is 0. The van der Waals surface area contributed by atoms with Crippen LogP contribution in [0.15, 0.2) is 36.5 Å². The normalized spacial score (nSPS) is 22.0. The zero-order valence-electron chi connectivity index (χ0n) is 15.6. The van der Waals surface area contributed by atoms with Gasteiger partial charge >= 0.3 is 7.12 Å². The molecule has 1 aliphatic carbocycles. The minimum absolute atomic E-state index is 0.167. The Kier molecular flexibility index (Phi) is 6.30. The van der Waals surface area contributed by atoms with Crippen LogP contribution in [0.2, 0.25) is 6.32 Å². The lowest BCUT2D eigenvalue weighted by Crippen LogP contribution is -2.54. The summed E-state index contributed by atoms with van der Waals surface area (Å²) in [5, 5.41) is 22.7. The number of nitrogens with zero attached hydrogens (tertiary/aromatic N) is 1. The first-order valence-electron chi connectivity index (χ1n) is 9.67. The van der Waals surface area contributed by atoms with E-state index in [1.165, 1.54) is 10.9 Å². The van der Waals surface area contributed by atoms with Crippen LogP contribution in [-0.2, 0) is 6.54 Å². The van der Waals surface area contributed by atoms with E-state index in [9.17, 15) is 0 Å². The van der Waals surface area contributed by atoms with Gasteiger partial charge in [-0.25, -0.2) is 0 Å². The number of unbranched alkanes of at least 4 members (excludes halogenated alkanes) is 1. The number of benzene rings is 1. The molecule has 1 unspecified atom stereocenters. The van der Waals surface area contributed by atoms with Crippen molar-refractivity contribution in [1.82, 2.24) is 10.3 Å². The maximum absolute atomic E-state index is 8.91. The third-order valence-electron chi connectivity index (χ3n) is 5.80. The van der Waals surface area contributed by atoms with Gasteiger partial charge in [0.25, 0.3) is 0 Å². The smallest absolute Gasteiger partial charge is 0.427 e. The Morgan fingerprint density at radius 2 is 2.00 bits per heavy atom. The van der Waals surface area contributed by atoms with Crippen LogP contribution in [0.25, 0.3) is 10.9 Å². The number of pyridine rings is 1. The molecular weight excluding hydrogens is 325 g/mol. The quantitative estimate of drug-likeness (QED) is 0.410. The summed E-state index contributed by atoms with van der Waals surface area (Å²) in [7, 11) is -1.19. The molecule has 3 rings (SSSR count). The number of fused-ring (bicyclic) bond motifs is 1. The van der Waals surface area contributed by atoms with Gasteiger partial charge in [-0.05, 0) is 50.1 Å². The van der Waals surface area contributed by atoms with Crippen LogP contribution in [0.3, 0.4) is 0 Å². The largest absolute Gasteiger partial charge is 0.451 e. The Morgan fingerprint density at radius 3 is 2.77 bits per heavy atom. The number of para-hydroxylation sites is 1. The predicted octanol–water partition coefficient (Wildman–Crippen LogP) is 2.46. The lowest BCUT2D eigenvalue weighted by atomic mass is 9.67. The number of aromatic nitrogens is 1. The fourth-order valence-corrected chi connectivity index (χ4v) is 3.92. The second kappa shape index (κ2) is 8.48. The van der Waals surface area contributed by atoms with Crippen molar-refractivity contribution in [2.45, 2.75) is 63.5 Å². The number of rotatable bonds is 9. The first-order valence-corrected chi connectivity index (χ1v) is 9.67. The van der Waals surface area contributed by atoms with E-state index in [2.05, 4.69) is 41.5 Å². The fourth-order valence-electron chi connectivity index (χ4n) is 3.92. The Hall–Kier alpha value is -1.47. The van der Waals surface area contributed by atoms with E-state index in [1.54, 1.807) is 0 Å². The van der Waals surface area contributed by atoms with Crippen molar-refractivity contribution < 1.29 is 10.0 Å². The molecule has 26 heavy (non-hydrogen) atoms. The van der Waals surface area contributed by atoms with Gasteiger partial charge in [0.15, 0.2) is 0 Å². The Labute approximate surface area is 156 Å². The van der Waals surface area contributed by atoms with Gasteiger partial charge in [0.1, 0.15) is 0 Å². The van der Waals surface area contributed by atoms with Gasteiger partial charge < -0.3 is 21.1 Å². The molecule has 1 aliphatic rings. The summed E-state index contributed by atoms with van der Waals surface area (Å²) < 4.78 is 0. The molecule has 0 amide bonds. The van der Waals surface area contributed by atoms with Crippen molar-refractivity contribution in [3.8, 4) is 0 Å². The molecule has 1 fully saturated rings. The highest BCUT2D eigenvalue weighted by Gasteiger charge is 2.39. The second-order valence-corrected chi connectivity index (χ2v) is 7.97. The molecule has 140 valence electrons. The third kappa shape index (κ3) is 4.83. The van der Waals surface area contributed by atoms with Gasteiger partial charge in [-0.3, -0.25) is 4.98 Å². The summed E-state index contributed by atoms with van der Waals surface area (Å²) in [6.45, 7) is 2.97. The van der Waals surface area contributed by atoms with Crippen LogP contribution < -0.4 is 11.1 Å². The van der Waals surface area contributed by atoms with E-state index in [-0.39, 0.29) is 5.54 Å². The molecule has 1 heterocycles. The predicted molar refractivity (Wildman–Crippen MR) is 107 cm³/mol. The molecule has 5 nitrogen and oxygen atoms in total. The maximum Gasteiger partial charge on any atom is 0.451 e. The van der Waals surface area contributed by atoms with Gasteiger partial charge in [-0.15, -0.1) is 0 Å². The van der Waals surface area contributed by atoms with Crippen molar-refractivity contribution >= 4 is 18.0 Å². The summed E-state index contributed by atoms with van der Waals surface area (Å²) in [5.41, 5.74) is 8.67. The number of nitrogens with two attached hydrogens (primary N) is 1. The van der Waals surface area contributed by atoms with E-state index in [0.717, 1.165) is 44.2 Å². The van der Waals surface area contributed by atoms with Crippen LogP contribution in [-0.4, -0.2) is 33.7 Å². The minimum atomic E-state index is -1.19. The zero-order chi connectivity index (χ0) is 18.6. The average Bonchev–Trinajstić information content (AvgIpc) is 2.57. The van der Waals surface area contributed by atoms with E-state index in [0.29, 0.717) is 18.3 Å². The van der Waals surface area contributed by atoms with E-state index >= 15 is 0 Å². The van der Waals surface area contributed by atoms with Crippen LogP contribution in [0.4, 0.5) is 0 Å². The first-order chi connectivity index (χ1) is 12.5. The molecule has 1 aromatic carbocycles. The third-order valence-corrected chi connectivity index (χ3v) is 5.80. The molecule has 1 aromatic heterocycles. The SMILES string of the molecule is CC(N)(CCCCB(O)O)C1CC(NCc2cccc3cccnc23)C1. The summed E-state index contributed by atoms with van der Waals surface area (Å²) in [6.07, 6.45) is 7.19. The molecule has 0 spiro atoms. The molecule has 5 N–H and O–H groups in total. The van der Waals surface area contributed by atoms with Crippen molar-refractivity contribution in [2.24, 2.45) is 11.7 Å². The molecule has 0 radical (unpaired) electrons. The van der Waals surface area contributed by atoms with Crippen LogP contribution in [0.1, 0.15) is 44.6 Å². The van der Waals surface area contributed by atoms with Gasteiger partial charge in [0.2, 0.25) is 0 Å². The topological polar surface area (TPSA) is 91.4 Å². The standard InChI is InChI=1S/C20H30BN3O2/c1-20(22,9-2-3-10-21(25)26)17-12-18(13-17)24-14-16-7-4-6-15-8-5-11-23-19(15)16/h4-8,11,17-18,24-26H,2-3,9-10,12-14,22H2,1H3. The van der Waals surface area contributed by atoms with Crippen LogP contribution in [0, 0.1) is 5.92 Å². The van der Waals surface area contributed by atoms with Crippen molar-refractivity contribution in [3.05, 3.63) is 42.1 Å². The van der Waals surface area contributed by atoms with E-state index in [4.69, 9.17) is 15.8 Å². The van der Waals surface area contributed by atoms with Crippen LogP contribution >= 0.6 is 0 Å². The van der Waals surface area contributed by atoms with Crippen molar-refractivity contribution in [3.63, 3.8) is 0 Å². The van der Waals surface area contributed by atoms with Crippen molar-refractivity contribution in [1.29, 1.82) is 0 Å². The van der Waals surface area contributed by atoms with Crippen LogP contribution in [0.5, 0.6) is 0 Å². The molecule has 1 saturated carbocycles. The lowest BCUT2D eigenvalue weighted by molar-refractivity contribution is 0.123. The van der Waals surface area contributed by atoms with E-state index in [1.807, 2.05) is 12.3 Å². The molecule has 0 saturated heterocycles. The fraction of sp³-hybridized carbons (Fsp3) is 0.550. The van der Waals surface area contributed by atoms with E-state index < -0.39 is 7.12 Å². The lowest BCUT2D eigenvalue weighted by Gasteiger charge is -2.46.